The summed E-state index contributed by atoms with van der Waals surface area (Å²) in [4.78, 5) is 0. The Morgan fingerprint density at radius 3 is 2.88 bits per heavy atom. The minimum atomic E-state index is 0.719. The van der Waals surface area contributed by atoms with Crippen LogP contribution in [0, 0.1) is 11.3 Å². The van der Waals surface area contributed by atoms with Crippen molar-refractivity contribution < 1.29 is 4.42 Å². The molecule has 2 rings (SSSR count). The van der Waals surface area contributed by atoms with Crippen LogP contribution in [-0.4, -0.2) is 0 Å². The van der Waals surface area contributed by atoms with Crippen LogP contribution in [0.15, 0.2) is 47.1 Å². The lowest BCUT2D eigenvalue weighted by atomic mass is 10.2. The minimum Gasteiger partial charge on any atom is -0.468 e. The molecule has 0 saturated carbocycles. The van der Waals surface area contributed by atoms with Crippen molar-refractivity contribution in [3.05, 3.63) is 59.5 Å². The van der Waals surface area contributed by atoms with Gasteiger partial charge >= 0.3 is 0 Å². The van der Waals surface area contributed by atoms with E-state index in [2.05, 4.69) is 6.07 Å². The van der Waals surface area contributed by atoms with Crippen molar-refractivity contribution in [3.8, 4) is 6.07 Å². The van der Waals surface area contributed by atoms with Gasteiger partial charge in [-0.05, 0) is 29.8 Å². The maximum atomic E-state index is 8.77. The molecule has 3 heteroatoms. The summed E-state index contributed by atoms with van der Waals surface area (Å²) in [6, 6.07) is 13.7. The van der Waals surface area contributed by atoms with Gasteiger partial charge in [0.05, 0.1) is 23.6 Å². The number of furan rings is 1. The number of hydrogen-bond donors (Lipinski definition) is 0. The van der Waals surface area contributed by atoms with Crippen LogP contribution in [0.1, 0.15) is 16.9 Å². The van der Waals surface area contributed by atoms with Gasteiger partial charge in [0.2, 0.25) is 0 Å². The number of nitriles is 1. The Hall–Kier alpha value is -1.66. The average Bonchev–Trinajstić information content (AvgIpc) is 2.82. The first kappa shape index (κ1) is 10.8. The predicted octanol–water partition coefficient (Wildman–Crippen LogP) is 3.58. The summed E-state index contributed by atoms with van der Waals surface area (Å²) in [5.41, 5.74) is 1.90. The summed E-state index contributed by atoms with van der Waals surface area (Å²) < 4.78 is 5.24. The van der Waals surface area contributed by atoms with Crippen LogP contribution in [0.3, 0.4) is 0 Å². The molecule has 0 aliphatic heterocycles. The standard InChI is InChI=1S/C13H11NOS/c14-8-11-3-1-4-12(7-11)9-16-10-13-5-2-6-15-13/h1-7H,9-10H2. The van der Waals surface area contributed by atoms with E-state index in [1.54, 1.807) is 18.0 Å². The van der Waals surface area contributed by atoms with Gasteiger partial charge in [-0.25, -0.2) is 0 Å². The molecule has 80 valence electrons. The summed E-state index contributed by atoms with van der Waals surface area (Å²) in [5.74, 6) is 2.75. The Morgan fingerprint density at radius 2 is 2.12 bits per heavy atom. The van der Waals surface area contributed by atoms with Crippen molar-refractivity contribution in [3.63, 3.8) is 0 Å². The van der Waals surface area contributed by atoms with Gasteiger partial charge in [-0.15, -0.1) is 11.8 Å². The molecule has 1 aromatic heterocycles. The highest BCUT2D eigenvalue weighted by atomic mass is 32.2. The minimum absolute atomic E-state index is 0.719. The number of rotatable bonds is 4. The number of hydrogen-bond acceptors (Lipinski definition) is 3. The Labute approximate surface area is 98.9 Å². The second-order valence-electron chi connectivity index (χ2n) is 3.38. The SMILES string of the molecule is N#Cc1cccc(CSCc2ccco2)c1. The second-order valence-corrected chi connectivity index (χ2v) is 4.37. The van der Waals surface area contributed by atoms with Crippen molar-refractivity contribution >= 4 is 11.8 Å². The molecule has 0 bridgehead atoms. The van der Waals surface area contributed by atoms with Gasteiger partial charge in [-0.3, -0.25) is 0 Å². The summed E-state index contributed by atoms with van der Waals surface area (Å²) in [5, 5.41) is 8.77. The molecule has 16 heavy (non-hydrogen) atoms. The fourth-order valence-corrected chi connectivity index (χ4v) is 2.28. The summed E-state index contributed by atoms with van der Waals surface area (Å²) in [6.07, 6.45) is 1.69. The van der Waals surface area contributed by atoms with Crippen molar-refractivity contribution in [1.29, 1.82) is 5.26 Å². The Kier molecular flexibility index (Phi) is 3.68. The molecule has 0 amide bonds. The number of thioether (sulfide) groups is 1. The lowest BCUT2D eigenvalue weighted by molar-refractivity contribution is 0.530. The molecule has 2 nitrogen and oxygen atoms in total. The average molecular weight is 229 g/mol. The van der Waals surface area contributed by atoms with E-state index in [1.165, 1.54) is 5.56 Å². The molecule has 0 radical (unpaired) electrons. The topological polar surface area (TPSA) is 36.9 Å². The quantitative estimate of drug-likeness (QED) is 0.804. The Bertz CT molecular complexity index is 485. The van der Waals surface area contributed by atoms with E-state index in [4.69, 9.17) is 9.68 Å². The van der Waals surface area contributed by atoms with E-state index < -0.39 is 0 Å². The normalized spacial score (nSPS) is 9.94. The van der Waals surface area contributed by atoms with Crippen molar-refractivity contribution in [1.82, 2.24) is 0 Å². The van der Waals surface area contributed by atoms with E-state index >= 15 is 0 Å². The molecular weight excluding hydrogens is 218 g/mol. The van der Waals surface area contributed by atoms with Crippen molar-refractivity contribution in [2.45, 2.75) is 11.5 Å². The number of nitrogens with zero attached hydrogens (tertiary/aromatic N) is 1. The molecule has 1 aromatic carbocycles. The van der Waals surface area contributed by atoms with E-state index in [-0.39, 0.29) is 0 Å². The Morgan fingerprint density at radius 1 is 1.19 bits per heavy atom. The van der Waals surface area contributed by atoms with E-state index in [9.17, 15) is 0 Å². The van der Waals surface area contributed by atoms with Crippen molar-refractivity contribution in [2.75, 3.05) is 0 Å². The first-order chi connectivity index (χ1) is 7.88. The summed E-state index contributed by atoms with van der Waals surface area (Å²) in [7, 11) is 0. The number of benzene rings is 1. The third-order valence-electron chi connectivity index (χ3n) is 2.15. The van der Waals surface area contributed by atoms with Crippen LogP contribution in [-0.2, 0) is 11.5 Å². The molecule has 0 aliphatic rings. The fourth-order valence-electron chi connectivity index (χ4n) is 1.39. The molecule has 0 unspecified atom stereocenters. The van der Waals surface area contributed by atoms with Crippen molar-refractivity contribution in [2.24, 2.45) is 0 Å². The monoisotopic (exact) mass is 229 g/mol. The smallest absolute Gasteiger partial charge is 0.113 e. The fraction of sp³-hybridized carbons (Fsp3) is 0.154. The van der Waals surface area contributed by atoms with E-state index in [0.29, 0.717) is 0 Å². The predicted molar refractivity (Wildman–Crippen MR) is 64.9 cm³/mol. The van der Waals surface area contributed by atoms with Gasteiger partial charge in [0.1, 0.15) is 5.76 Å². The van der Waals surface area contributed by atoms with Crippen LogP contribution in [0.2, 0.25) is 0 Å². The largest absolute Gasteiger partial charge is 0.468 e. The summed E-state index contributed by atoms with van der Waals surface area (Å²) in [6.45, 7) is 0. The second kappa shape index (κ2) is 5.43. The zero-order chi connectivity index (χ0) is 11.2. The van der Waals surface area contributed by atoms with Crippen LogP contribution in [0.4, 0.5) is 0 Å². The lowest BCUT2D eigenvalue weighted by Crippen LogP contribution is -1.83. The van der Waals surface area contributed by atoms with Gasteiger partial charge < -0.3 is 4.42 Å². The maximum Gasteiger partial charge on any atom is 0.113 e. The van der Waals surface area contributed by atoms with Gasteiger partial charge in [-0.2, -0.15) is 5.26 Å². The van der Waals surface area contributed by atoms with Gasteiger partial charge in [0, 0.05) is 5.75 Å². The molecule has 0 N–H and O–H groups in total. The van der Waals surface area contributed by atoms with Gasteiger partial charge in [-0.1, -0.05) is 12.1 Å². The molecule has 1 heterocycles. The first-order valence-corrected chi connectivity index (χ1v) is 6.13. The maximum absolute atomic E-state index is 8.77. The highest BCUT2D eigenvalue weighted by molar-refractivity contribution is 7.97. The van der Waals surface area contributed by atoms with E-state index in [0.717, 1.165) is 22.8 Å². The van der Waals surface area contributed by atoms with Crippen LogP contribution < -0.4 is 0 Å². The molecular formula is C13H11NOS. The highest BCUT2D eigenvalue weighted by Gasteiger charge is 1.98. The third kappa shape index (κ3) is 2.91. The zero-order valence-corrected chi connectivity index (χ0v) is 9.54. The third-order valence-corrected chi connectivity index (χ3v) is 3.18. The molecule has 2 aromatic rings. The van der Waals surface area contributed by atoms with Crippen LogP contribution in [0.5, 0.6) is 0 Å². The van der Waals surface area contributed by atoms with Gasteiger partial charge in [0.15, 0.2) is 0 Å². The molecule has 0 atom stereocenters. The summed E-state index contributed by atoms with van der Waals surface area (Å²) >= 11 is 1.78. The lowest BCUT2D eigenvalue weighted by Gasteiger charge is -2.00. The van der Waals surface area contributed by atoms with Crippen LogP contribution >= 0.6 is 11.8 Å². The molecule has 0 fully saturated rings. The first-order valence-electron chi connectivity index (χ1n) is 4.97. The molecule has 0 spiro atoms. The zero-order valence-electron chi connectivity index (χ0n) is 8.72. The van der Waals surface area contributed by atoms with Crippen LogP contribution in [0.25, 0.3) is 0 Å². The molecule has 0 aliphatic carbocycles. The van der Waals surface area contributed by atoms with Gasteiger partial charge in [0.25, 0.3) is 0 Å². The molecule has 0 saturated heterocycles. The highest BCUT2D eigenvalue weighted by Crippen LogP contribution is 2.18. The van der Waals surface area contributed by atoms with E-state index in [1.807, 2.05) is 36.4 Å². The Balaban J connectivity index is 1.88.